The maximum atomic E-state index is 10.5. The number of carbonyl (C=O) groups is 1. The number of aromatic nitrogens is 3. The molecule has 0 spiro atoms. The van der Waals surface area contributed by atoms with Crippen LogP contribution in [0, 0.1) is 20.8 Å². The largest absolute Gasteiger partial charge is 0.313 e. The van der Waals surface area contributed by atoms with Crippen molar-refractivity contribution in [2.45, 2.75) is 20.8 Å². The van der Waals surface area contributed by atoms with Gasteiger partial charge in [-0.05, 0) is 20.8 Å². The minimum Gasteiger partial charge on any atom is -0.313 e. The van der Waals surface area contributed by atoms with Gasteiger partial charge >= 0.3 is 0 Å². The van der Waals surface area contributed by atoms with Crippen LogP contribution in [0.4, 0.5) is 5.82 Å². The molecule has 2 aromatic heterocycles. The fourth-order valence-electron chi connectivity index (χ4n) is 1.52. The molecular weight excluding hydrogens is 192 g/mol. The van der Waals surface area contributed by atoms with Gasteiger partial charge in [-0.1, -0.05) is 0 Å². The molecule has 0 bridgehead atoms. The molecule has 5 heteroatoms. The SMILES string of the molecule is Cc1cnc2c(C)c(C)nn2c1NC=O. The summed E-state index contributed by atoms with van der Waals surface area (Å²) in [6.07, 6.45) is 2.38. The van der Waals surface area contributed by atoms with Gasteiger partial charge in [0.15, 0.2) is 5.65 Å². The number of carbonyl (C=O) groups excluding carboxylic acids is 1. The van der Waals surface area contributed by atoms with Crippen LogP contribution in [-0.2, 0) is 4.79 Å². The molecule has 2 heterocycles. The van der Waals surface area contributed by atoms with Crippen molar-refractivity contribution < 1.29 is 4.79 Å². The van der Waals surface area contributed by atoms with Crippen LogP contribution < -0.4 is 5.32 Å². The van der Waals surface area contributed by atoms with Gasteiger partial charge in [-0.2, -0.15) is 9.61 Å². The Bertz CT molecular complexity index is 530. The Kier molecular flexibility index (Phi) is 2.15. The van der Waals surface area contributed by atoms with Crippen LogP contribution in [0.15, 0.2) is 6.20 Å². The molecule has 15 heavy (non-hydrogen) atoms. The third kappa shape index (κ3) is 1.36. The van der Waals surface area contributed by atoms with Crippen LogP contribution >= 0.6 is 0 Å². The smallest absolute Gasteiger partial charge is 0.212 e. The van der Waals surface area contributed by atoms with E-state index in [1.165, 1.54) is 0 Å². The number of rotatable bonds is 2. The monoisotopic (exact) mass is 204 g/mol. The molecule has 2 aromatic rings. The summed E-state index contributed by atoms with van der Waals surface area (Å²) in [4.78, 5) is 14.8. The number of anilines is 1. The van der Waals surface area contributed by atoms with Crippen molar-refractivity contribution in [2.24, 2.45) is 0 Å². The summed E-state index contributed by atoms with van der Waals surface area (Å²) in [7, 11) is 0. The lowest BCUT2D eigenvalue weighted by atomic mass is 10.3. The Morgan fingerprint density at radius 1 is 1.40 bits per heavy atom. The molecule has 1 amide bonds. The highest BCUT2D eigenvalue weighted by Gasteiger charge is 2.10. The number of fused-ring (bicyclic) bond motifs is 1. The standard InChI is InChI=1S/C10H12N4O/c1-6-4-11-10-7(2)8(3)13-14(10)9(6)12-5-15/h4-5H,1-3H3,(H,12,15). The predicted octanol–water partition coefficient (Wildman–Crippen LogP) is 1.22. The molecule has 0 aliphatic rings. The molecule has 1 N–H and O–H groups in total. The molecule has 78 valence electrons. The van der Waals surface area contributed by atoms with E-state index < -0.39 is 0 Å². The van der Waals surface area contributed by atoms with Crippen molar-refractivity contribution in [3.8, 4) is 0 Å². The first-order chi connectivity index (χ1) is 7.15. The lowest BCUT2D eigenvalue weighted by Crippen LogP contribution is -2.05. The first-order valence-electron chi connectivity index (χ1n) is 4.67. The first-order valence-corrected chi connectivity index (χ1v) is 4.67. The average molecular weight is 204 g/mol. The molecule has 2 rings (SSSR count). The molecule has 0 saturated carbocycles. The second-order valence-corrected chi connectivity index (χ2v) is 3.50. The predicted molar refractivity (Wildman–Crippen MR) is 56.9 cm³/mol. The van der Waals surface area contributed by atoms with Gasteiger partial charge in [0.2, 0.25) is 6.41 Å². The summed E-state index contributed by atoms with van der Waals surface area (Å²) in [6, 6.07) is 0. The Morgan fingerprint density at radius 2 is 2.13 bits per heavy atom. The van der Waals surface area contributed by atoms with Crippen molar-refractivity contribution in [1.29, 1.82) is 0 Å². The zero-order valence-corrected chi connectivity index (χ0v) is 8.90. The van der Waals surface area contributed by atoms with Crippen molar-refractivity contribution in [3.63, 3.8) is 0 Å². The van der Waals surface area contributed by atoms with Crippen molar-refractivity contribution in [2.75, 3.05) is 5.32 Å². The van der Waals surface area contributed by atoms with Gasteiger partial charge in [-0.25, -0.2) is 4.98 Å². The van der Waals surface area contributed by atoms with Crippen LogP contribution in [0.2, 0.25) is 0 Å². The summed E-state index contributed by atoms with van der Waals surface area (Å²) in [5.41, 5.74) is 3.62. The van der Waals surface area contributed by atoms with Gasteiger partial charge in [-0.3, -0.25) is 4.79 Å². The summed E-state index contributed by atoms with van der Waals surface area (Å²) in [5, 5.41) is 6.96. The summed E-state index contributed by atoms with van der Waals surface area (Å²) in [5.74, 6) is 0.672. The molecule has 0 aromatic carbocycles. The number of amides is 1. The molecule has 0 saturated heterocycles. The molecule has 0 radical (unpaired) electrons. The highest BCUT2D eigenvalue weighted by Crippen LogP contribution is 2.18. The minimum absolute atomic E-state index is 0.647. The maximum absolute atomic E-state index is 10.5. The van der Waals surface area contributed by atoms with Crippen LogP contribution in [-0.4, -0.2) is 21.0 Å². The minimum atomic E-state index is 0.647. The maximum Gasteiger partial charge on any atom is 0.212 e. The first kappa shape index (κ1) is 9.64. The average Bonchev–Trinajstić information content (AvgIpc) is 2.49. The Balaban J connectivity index is 2.81. The molecule has 0 atom stereocenters. The molecule has 0 fully saturated rings. The fraction of sp³-hybridized carbons (Fsp3) is 0.300. The van der Waals surface area contributed by atoms with E-state index in [0.717, 1.165) is 22.5 Å². The lowest BCUT2D eigenvalue weighted by molar-refractivity contribution is -0.105. The Labute approximate surface area is 87.1 Å². The molecule has 5 nitrogen and oxygen atoms in total. The van der Waals surface area contributed by atoms with Gasteiger partial charge in [0.25, 0.3) is 0 Å². The van der Waals surface area contributed by atoms with E-state index in [1.807, 2.05) is 20.8 Å². The second kappa shape index (κ2) is 3.34. The molecule has 0 aliphatic heterocycles. The number of hydrogen-bond donors (Lipinski definition) is 1. The van der Waals surface area contributed by atoms with Gasteiger partial charge in [0.05, 0.1) is 5.69 Å². The van der Waals surface area contributed by atoms with E-state index >= 15 is 0 Å². The second-order valence-electron chi connectivity index (χ2n) is 3.50. The molecule has 0 unspecified atom stereocenters. The van der Waals surface area contributed by atoms with E-state index in [4.69, 9.17) is 0 Å². The van der Waals surface area contributed by atoms with E-state index in [9.17, 15) is 4.79 Å². The van der Waals surface area contributed by atoms with Crippen LogP contribution in [0.5, 0.6) is 0 Å². The van der Waals surface area contributed by atoms with E-state index in [1.54, 1.807) is 10.7 Å². The Morgan fingerprint density at radius 3 is 2.80 bits per heavy atom. The summed E-state index contributed by atoms with van der Waals surface area (Å²) in [6.45, 7) is 5.76. The lowest BCUT2D eigenvalue weighted by Gasteiger charge is -2.05. The van der Waals surface area contributed by atoms with Gasteiger partial charge in [0, 0.05) is 17.3 Å². The quantitative estimate of drug-likeness (QED) is 0.748. The highest BCUT2D eigenvalue weighted by atomic mass is 16.1. The van der Waals surface area contributed by atoms with Crippen LogP contribution in [0.25, 0.3) is 5.65 Å². The number of nitrogens with one attached hydrogen (secondary N) is 1. The number of aryl methyl sites for hydroxylation is 3. The van der Waals surface area contributed by atoms with Crippen molar-refractivity contribution in [1.82, 2.24) is 14.6 Å². The zero-order valence-electron chi connectivity index (χ0n) is 8.90. The van der Waals surface area contributed by atoms with Gasteiger partial charge in [-0.15, -0.1) is 0 Å². The number of hydrogen-bond acceptors (Lipinski definition) is 3. The third-order valence-electron chi connectivity index (χ3n) is 2.49. The normalized spacial score (nSPS) is 10.6. The number of nitrogens with zero attached hydrogens (tertiary/aromatic N) is 3. The zero-order chi connectivity index (χ0) is 11.0. The highest BCUT2D eigenvalue weighted by molar-refractivity contribution is 5.72. The Hall–Kier alpha value is -1.91. The van der Waals surface area contributed by atoms with E-state index in [2.05, 4.69) is 15.4 Å². The molecular formula is C10H12N4O. The van der Waals surface area contributed by atoms with Gasteiger partial charge < -0.3 is 5.32 Å². The van der Waals surface area contributed by atoms with Crippen molar-refractivity contribution >= 4 is 17.9 Å². The fourth-order valence-corrected chi connectivity index (χ4v) is 1.52. The summed E-state index contributed by atoms with van der Waals surface area (Å²) >= 11 is 0. The third-order valence-corrected chi connectivity index (χ3v) is 2.49. The molecule has 0 aliphatic carbocycles. The van der Waals surface area contributed by atoms with Crippen LogP contribution in [0.1, 0.15) is 16.8 Å². The van der Waals surface area contributed by atoms with Gasteiger partial charge in [0.1, 0.15) is 5.82 Å². The van der Waals surface area contributed by atoms with Crippen LogP contribution in [0.3, 0.4) is 0 Å². The topological polar surface area (TPSA) is 59.3 Å². The van der Waals surface area contributed by atoms with E-state index in [0.29, 0.717) is 12.2 Å². The van der Waals surface area contributed by atoms with Crippen molar-refractivity contribution in [3.05, 3.63) is 23.0 Å². The summed E-state index contributed by atoms with van der Waals surface area (Å²) < 4.78 is 1.66. The van der Waals surface area contributed by atoms with E-state index in [-0.39, 0.29) is 0 Å².